The summed E-state index contributed by atoms with van der Waals surface area (Å²) in [6.07, 6.45) is 9.71. The van der Waals surface area contributed by atoms with Crippen molar-refractivity contribution >= 4 is 11.6 Å². The smallest absolute Gasteiger partial charge is 0.387 e. The molecule has 2 nitrogen and oxygen atoms in total. The van der Waals surface area contributed by atoms with Crippen LogP contribution in [-0.4, -0.2) is 11.5 Å². The second-order valence-corrected chi connectivity index (χ2v) is 4.22. The highest BCUT2D eigenvalue weighted by atomic mass is 35.5. The molecule has 0 amide bonds. The number of halogens is 3. The number of allylic oxidation sites excluding steroid dienone is 3. The van der Waals surface area contributed by atoms with E-state index in [4.69, 9.17) is 11.6 Å². The fourth-order valence-corrected chi connectivity index (χ4v) is 1.63. The number of ether oxygens (including phenoxy) is 1. The van der Waals surface area contributed by atoms with Gasteiger partial charge in [0.1, 0.15) is 0 Å². The normalized spacial score (nSPS) is 16.3. The van der Waals surface area contributed by atoms with Gasteiger partial charge in [0.25, 0.3) is 0 Å². The van der Waals surface area contributed by atoms with Crippen molar-refractivity contribution in [2.75, 3.05) is 0 Å². The summed E-state index contributed by atoms with van der Waals surface area (Å²) in [6, 6.07) is 0. The van der Waals surface area contributed by atoms with Gasteiger partial charge in [-0.25, -0.2) is 0 Å². The third-order valence-electron chi connectivity index (χ3n) is 2.33. The highest BCUT2D eigenvalue weighted by molar-refractivity contribution is 6.31. The molecule has 0 fully saturated rings. The number of hydrogen-bond acceptors (Lipinski definition) is 2. The Labute approximate surface area is 111 Å². The molecule has 5 heteroatoms. The Hall–Kier alpha value is -1.29. The van der Waals surface area contributed by atoms with Crippen molar-refractivity contribution in [1.82, 2.24) is 4.90 Å². The second-order valence-electron chi connectivity index (χ2n) is 3.78. The van der Waals surface area contributed by atoms with E-state index in [-0.39, 0.29) is 5.76 Å². The Morgan fingerprint density at radius 1 is 1.56 bits per heavy atom. The van der Waals surface area contributed by atoms with Gasteiger partial charge in [-0.3, -0.25) is 0 Å². The Balaban J connectivity index is 2.69. The van der Waals surface area contributed by atoms with Gasteiger partial charge in [0.05, 0.1) is 10.7 Å². The first-order valence-electron chi connectivity index (χ1n) is 5.72. The van der Waals surface area contributed by atoms with E-state index in [1.54, 1.807) is 17.3 Å². The lowest BCUT2D eigenvalue weighted by Gasteiger charge is -2.24. The maximum atomic E-state index is 12.2. The van der Waals surface area contributed by atoms with E-state index in [1.807, 2.05) is 6.08 Å². The summed E-state index contributed by atoms with van der Waals surface area (Å²) >= 11 is 5.84. The minimum atomic E-state index is -2.89. The van der Waals surface area contributed by atoms with Gasteiger partial charge in [-0.1, -0.05) is 44.0 Å². The van der Waals surface area contributed by atoms with Crippen molar-refractivity contribution in [3.05, 3.63) is 47.6 Å². The highest BCUT2D eigenvalue weighted by Crippen LogP contribution is 2.27. The second kappa shape index (κ2) is 7.21. The van der Waals surface area contributed by atoms with Crippen molar-refractivity contribution in [1.29, 1.82) is 0 Å². The van der Waals surface area contributed by atoms with Crippen LogP contribution in [0, 0.1) is 0 Å². The summed E-state index contributed by atoms with van der Waals surface area (Å²) in [7, 11) is 0. The zero-order valence-electron chi connectivity index (χ0n) is 10.2. The monoisotopic (exact) mass is 275 g/mol. The van der Waals surface area contributed by atoms with Gasteiger partial charge in [-0.05, 0) is 6.42 Å². The first kappa shape index (κ1) is 14.8. The molecule has 1 aliphatic heterocycles. The van der Waals surface area contributed by atoms with E-state index in [1.165, 1.54) is 6.08 Å². The molecule has 0 aliphatic carbocycles. The summed E-state index contributed by atoms with van der Waals surface area (Å²) in [4.78, 5) is 1.58. The predicted molar refractivity (Wildman–Crippen MR) is 68.8 cm³/mol. The number of nitrogens with zero attached hydrogens (tertiary/aromatic N) is 1. The van der Waals surface area contributed by atoms with Crippen molar-refractivity contribution in [3.63, 3.8) is 0 Å². The summed E-state index contributed by atoms with van der Waals surface area (Å²) in [5, 5.41) is 0.318. The molecule has 0 aromatic heterocycles. The van der Waals surface area contributed by atoms with Crippen LogP contribution in [0.1, 0.15) is 26.2 Å². The third kappa shape index (κ3) is 4.53. The number of unbranched alkanes of at least 4 members (excludes halogenated alkanes) is 2. The Morgan fingerprint density at radius 3 is 2.89 bits per heavy atom. The van der Waals surface area contributed by atoms with Crippen LogP contribution in [0.2, 0.25) is 0 Å². The van der Waals surface area contributed by atoms with Crippen LogP contribution in [-0.2, 0) is 4.74 Å². The number of hydrogen-bond donors (Lipinski definition) is 0. The molecule has 0 spiro atoms. The van der Waals surface area contributed by atoms with Crippen LogP contribution in [0.5, 0.6) is 0 Å². The number of rotatable bonds is 6. The molecule has 0 saturated heterocycles. The molecular formula is C13H16ClF2NO. The zero-order chi connectivity index (χ0) is 13.5. The molecule has 1 heterocycles. The van der Waals surface area contributed by atoms with Crippen molar-refractivity contribution in [2.24, 2.45) is 0 Å². The molecule has 1 rings (SSSR count). The molecule has 100 valence electrons. The van der Waals surface area contributed by atoms with Gasteiger partial charge >= 0.3 is 6.61 Å². The van der Waals surface area contributed by atoms with Gasteiger partial charge < -0.3 is 9.64 Å². The summed E-state index contributed by atoms with van der Waals surface area (Å²) in [5.41, 5.74) is 0.340. The summed E-state index contributed by atoms with van der Waals surface area (Å²) < 4.78 is 28.8. The molecule has 0 aromatic carbocycles. The maximum Gasteiger partial charge on any atom is 0.387 e. The Kier molecular flexibility index (Phi) is 5.92. The first-order chi connectivity index (χ1) is 8.54. The van der Waals surface area contributed by atoms with E-state index in [9.17, 15) is 8.78 Å². The fourth-order valence-electron chi connectivity index (χ4n) is 1.42. The van der Waals surface area contributed by atoms with Crippen LogP contribution < -0.4 is 0 Å². The lowest BCUT2D eigenvalue weighted by molar-refractivity contribution is -0.0950. The minimum Gasteiger partial charge on any atom is -0.433 e. The van der Waals surface area contributed by atoms with Crippen molar-refractivity contribution < 1.29 is 13.5 Å². The molecule has 0 N–H and O–H groups in total. The van der Waals surface area contributed by atoms with Gasteiger partial charge in [-0.15, -0.1) is 0 Å². The molecule has 0 radical (unpaired) electrons. The maximum absolute atomic E-state index is 12.2. The van der Waals surface area contributed by atoms with E-state index >= 15 is 0 Å². The van der Waals surface area contributed by atoms with Gasteiger partial charge in [0, 0.05) is 18.5 Å². The van der Waals surface area contributed by atoms with Crippen LogP contribution >= 0.6 is 11.6 Å². The fraction of sp³-hybridized carbons (Fsp3) is 0.385. The van der Waals surface area contributed by atoms with Crippen LogP contribution in [0.15, 0.2) is 47.6 Å². The summed E-state index contributed by atoms with van der Waals surface area (Å²) in [6.45, 7) is 2.92. The Morgan fingerprint density at radius 2 is 2.28 bits per heavy atom. The minimum absolute atomic E-state index is 0.0161. The summed E-state index contributed by atoms with van der Waals surface area (Å²) in [5.74, 6) is -0.0161. The van der Waals surface area contributed by atoms with E-state index in [0.29, 0.717) is 10.7 Å². The van der Waals surface area contributed by atoms with E-state index < -0.39 is 6.61 Å². The molecule has 0 bridgehead atoms. The lowest BCUT2D eigenvalue weighted by atomic mass is 10.2. The predicted octanol–water partition coefficient (Wildman–Crippen LogP) is 4.72. The Bertz CT molecular complexity index is 388. The first-order valence-corrected chi connectivity index (χ1v) is 6.10. The van der Waals surface area contributed by atoms with Gasteiger partial charge in [0.2, 0.25) is 0 Å². The highest BCUT2D eigenvalue weighted by Gasteiger charge is 2.18. The van der Waals surface area contributed by atoms with Gasteiger partial charge in [0.15, 0.2) is 5.76 Å². The largest absolute Gasteiger partial charge is 0.433 e. The van der Waals surface area contributed by atoms with Crippen LogP contribution in [0.25, 0.3) is 0 Å². The molecule has 0 unspecified atom stereocenters. The topological polar surface area (TPSA) is 12.5 Å². The quantitative estimate of drug-likeness (QED) is 0.650. The molecule has 18 heavy (non-hydrogen) atoms. The SMILES string of the molecule is C=C1C(OC(F)F)=CC(Cl)=CN1/C=C\CCCC. The third-order valence-corrected chi connectivity index (χ3v) is 2.54. The van der Waals surface area contributed by atoms with Crippen LogP contribution in [0.3, 0.4) is 0 Å². The molecular weight excluding hydrogens is 260 g/mol. The number of alkyl halides is 2. The zero-order valence-corrected chi connectivity index (χ0v) is 11.0. The van der Waals surface area contributed by atoms with E-state index in [0.717, 1.165) is 19.3 Å². The average Bonchev–Trinajstić information content (AvgIpc) is 2.29. The average molecular weight is 276 g/mol. The lowest BCUT2D eigenvalue weighted by Crippen LogP contribution is -2.17. The van der Waals surface area contributed by atoms with Crippen LogP contribution in [0.4, 0.5) is 8.78 Å². The van der Waals surface area contributed by atoms with E-state index in [2.05, 4.69) is 18.2 Å². The van der Waals surface area contributed by atoms with Crippen molar-refractivity contribution in [2.45, 2.75) is 32.8 Å². The molecule has 0 saturated carbocycles. The van der Waals surface area contributed by atoms with Crippen molar-refractivity contribution in [3.8, 4) is 0 Å². The molecule has 0 atom stereocenters. The molecule has 1 aliphatic rings. The van der Waals surface area contributed by atoms with Gasteiger partial charge in [-0.2, -0.15) is 8.78 Å². The molecule has 0 aromatic rings. The standard InChI is InChI=1S/C13H16ClF2NO/c1-3-4-5-6-7-17-9-11(14)8-12(10(17)2)18-13(15)16/h6-9,13H,2-5H2,1H3/b7-6-.